The van der Waals surface area contributed by atoms with Crippen LogP contribution >= 0.6 is 0 Å². The molecule has 2 aliphatic carbocycles. The second-order valence-electron chi connectivity index (χ2n) is 7.03. The number of fused-ring (bicyclic) bond motifs is 3. The van der Waals surface area contributed by atoms with E-state index in [1.165, 1.54) is 68.9 Å². The van der Waals surface area contributed by atoms with Crippen molar-refractivity contribution in [3.05, 3.63) is 59.2 Å². The molecular formula is C22H26. The fraction of sp³-hybridized carbons (Fsp3) is 0.455. The second-order valence-corrected chi connectivity index (χ2v) is 7.03. The lowest BCUT2D eigenvalue weighted by Gasteiger charge is -2.18. The monoisotopic (exact) mass is 290 g/mol. The Kier molecular flexibility index (Phi) is 4.01. The summed E-state index contributed by atoms with van der Waals surface area (Å²) in [6, 6.07) is 16.1. The molecule has 2 aromatic carbocycles. The Hall–Kier alpha value is -1.56. The summed E-state index contributed by atoms with van der Waals surface area (Å²) in [4.78, 5) is 0. The summed E-state index contributed by atoms with van der Waals surface area (Å²) in [5.41, 5.74) is 7.90. The van der Waals surface area contributed by atoms with E-state index in [0.29, 0.717) is 5.92 Å². The van der Waals surface area contributed by atoms with Gasteiger partial charge < -0.3 is 0 Å². The molecule has 0 saturated carbocycles. The van der Waals surface area contributed by atoms with Gasteiger partial charge in [0.1, 0.15) is 0 Å². The first-order chi connectivity index (χ1) is 10.9. The molecule has 22 heavy (non-hydrogen) atoms. The van der Waals surface area contributed by atoms with Gasteiger partial charge >= 0.3 is 0 Å². The van der Waals surface area contributed by atoms with Crippen molar-refractivity contribution >= 4 is 0 Å². The highest BCUT2D eigenvalue weighted by molar-refractivity contribution is 5.80. The van der Waals surface area contributed by atoms with Crippen LogP contribution in [-0.2, 0) is 6.42 Å². The van der Waals surface area contributed by atoms with Crippen molar-refractivity contribution in [3.63, 3.8) is 0 Å². The standard InChI is InChI=1S/C22H26/c1-2-4-6-11-17-12-10-16-21-19-14-9-8-13-18(19)20(22(17)21)15-7-5-3-1/h8-10,12-14,16,20H,1-7,11,15H2. The lowest BCUT2D eigenvalue weighted by Crippen LogP contribution is -2.02. The van der Waals surface area contributed by atoms with Crippen molar-refractivity contribution in [2.45, 2.75) is 63.7 Å². The van der Waals surface area contributed by atoms with Crippen LogP contribution in [-0.4, -0.2) is 0 Å². The first kappa shape index (κ1) is 14.1. The minimum atomic E-state index is 0.654. The number of benzene rings is 2. The van der Waals surface area contributed by atoms with Crippen molar-refractivity contribution in [1.82, 2.24) is 0 Å². The number of rotatable bonds is 0. The molecular weight excluding hydrogens is 264 g/mol. The quantitative estimate of drug-likeness (QED) is 0.521. The molecule has 0 saturated heterocycles. The smallest absolute Gasteiger partial charge is 0.0104 e. The van der Waals surface area contributed by atoms with Gasteiger partial charge in [0.15, 0.2) is 0 Å². The molecule has 0 aliphatic heterocycles. The van der Waals surface area contributed by atoms with Gasteiger partial charge in [0, 0.05) is 5.92 Å². The maximum Gasteiger partial charge on any atom is 0.0104 e. The summed E-state index contributed by atoms with van der Waals surface area (Å²) in [5, 5.41) is 0. The van der Waals surface area contributed by atoms with Crippen molar-refractivity contribution in [1.29, 1.82) is 0 Å². The van der Waals surface area contributed by atoms with E-state index in [0.717, 1.165) is 0 Å². The predicted octanol–water partition coefficient (Wildman–Crippen LogP) is 6.48. The third kappa shape index (κ3) is 2.49. The Bertz CT molecular complexity index is 653. The van der Waals surface area contributed by atoms with E-state index >= 15 is 0 Å². The van der Waals surface area contributed by atoms with Crippen LogP contribution in [0.15, 0.2) is 42.5 Å². The molecule has 0 heterocycles. The van der Waals surface area contributed by atoms with Gasteiger partial charge in [-0.1, -0.05) is 81.0 Å². The van der Waals surface area contributed by atoms with Crippen LogP contribution in [0.2, 0.25) is 0 Å². The average Bonchev–Trinajstić information content (AvgIpc) is 2.87. The zero-order valence-electron chi connectivity index (χ0n) is 13.5. The molecule has 1 unspecified atom stereocenters. The highest BCUT2D eigenvalue weighted by Gasteiger charge is 2.29. The summed E-state index contributed by atoms with van der Waals surface area (Å²) in [6.07, 6.45) is 12.5. The van der Waals surface area contributed by atoms with E-state index in [-0.39, 0.29) is 0 Å². The van der Waals surface area contributed by atoms with E-state index in [9.17, 15) is 0 Å². The summed E-state index contributed by atoms with van der Waals surface area (Å²) in [5.74, 6) is 0.654. The second kappa shape index (κ2) is 6.28. The third-order valence-corrected chi connectivity index (χ3v) is 5.61. The zero-order valence-corrected chi connectivity index (χ0v) is 13.5. The number of hydrogen-bond acceptors (Lipinski definition) is 0. The Morgan fingerprint density at radius 1 is 0.636 bits per heavy atom. The fourth-order valence-corrected chi connectivity index (χ4v) is 4.53. The Morgan fingerprint density at radius 3 is 2.27 bits per heavy atom. The van der Waals surface area contributed by atoms with E-state index in [4.69, 9.17) is 0 Å². The van der Waals surface area contributed by atoms with Crippen molar-refractivity contribution in [2.75, 3.05) is 0 Å². The van der Waals surface area contributed by atoms with Crippen molar-refractivity contribution in [2.24, 2.45) is 0 Å². The van der Waals surface area contributed by atoms with Crippen LogP contribution in [0.5, 0.6) is 0 Å². The molecule has 0 aromatic heterocycles. The largest absolute Gasteiger partial charge is 0.0619 e. The highest BCUT2D eigenvalue weighted by Crippen LogP contribution is 2.48. The van der Waals surface area contributed by atoms with Gasteiger partial charge in [-0.05, 0) is 47.1 Å². The lowest BCUT2D eigenvalue weighted by molar-refractivity contribution is 0.546. The molecule has 4 rings (SSSR count). The number of aryl methyl sites for hydroxylation is 1. The molecule has 0 spiro atoms. The summed E-state index contributed by atoms with van der Waals surface area (Å²) >= 11 is 0. The predicted molar refractivity (Wildman–Crippen MR) is 94.4 cm³/mol. The Morgan fingerprint density at radius 2 is 1.36 bits per heavy atom. The molecule has 0 amide bonds. The summed E-state index contributed by atoms with van der Waals surface area (Å²) < 4.78 is 0. The van der Waals surface area contributed by atoms with Crippen molar-refractivity contribution in [3.8, 4) is 11.1 Å². The highest BCUT2D eigenvalue weighted by atomic mass is 14.3. The van der Waals surface area contributed by atoms with Crippen LogP contribution in [0.1, 0.15) is 74.0 Å². The van der Waals surface area contributed by atoms with Crippen LogP contribution < -0.4 is 0 Å². The lowest BCUT2D eigenvalue weighted by atomic mass is 9.86. The van der Waals surface area contributed by atoms with Gasteiger partial charge in [0.2, 0.25) is 0 Å². The van der Waals surface area contributed by atoms with Gasteiger partial charge in [-0.15, -0.1) is 0 Å². The van der Waals surface area contributed by atoms with E-state index in [1.807, 2.05) is 0 Å². The molecule has 0 nitrogen and oxygen atoms in total. The molecule has 2 aliphatic rings. The summed E-state index contributed by atoms with van der Waals surface area (Å²) in [7, 11) is 0. The normalized spacial score (nSPS) is 21.4. The first-order valence-electron chi connectivity index (χ1n) is 9.16. The first-order valence-corrected chi connectivity index (χ1v) is 9.16. The van der Waals surface area contributed by atoms with Gasteiger partial charge in [-0.25, -0.2) is 0 Å². The Labute approximate surface area is 134 Å². The SMILES string of the molecule is c1ccc2c(c1)-c1cccc3c1C2CCCCCCCCC3. The topological polar surface area (TPSA) is 0 Å². The average molecular weight is 290 g/mol. The maximum absolute atomic E-state index is 2.39. The summed E-state index contributed by atoms with van der Waals surface area (Å²) in [6.45, 7) is 0. The van der Waals surface area contributed by atoms with Crippen LogP contribution in [0.3, 0.4) is 0 Å². The van der Waals surface area contributed by atoms with E-state index in [2.05, 4.69) is 42.5 Å². The molecule has 114 valence electrons. The van der Waals surface area contributed by atoms with Gasteiger partial charge in [0.25, 0.3) is 0 Å². The van der Waals surface area contributed by atoms with Gasteiger partial charge in [-0.3, -0.25) is 0 Å². The van der Waals surface area contributed by atoms with Crippen LogP contribution in [0, 0.1) is 0 Å². The minimum absolute atomic E-state index is 0.654. The molecule has 0 radical (unpaired) electrons. The molecule has 0 heteroatoms. The van der Waals surface area contributed by atoms with Crippen LogP contribution in [0.4, 0.5) is 0 Å². The molecule has 2 aromatic rings. The number of hydrogen-bond donors (Lipinski definition) is 0. The Balaban J connectivity index is 1.78. The van der Waals surface area contributed by atoms with E-state index < -0.39 is 0 Å². The molecule has 1 atom stereocenters. The van der Waals surface area contributed by atoms with Gasteiger partial charge in [-0.2, -0.15) is 0 Å². The van der Waals surface area contributed by atoms with Crippen LogP contribution in [0.25, 0.3) is 11.1 Å². The molecule has 0 bridgehead atoms. The molecule has 0 fully saturated rings. The minimum Gasteiger partial charge on any atom is -0.0619 e. The molecule has 0 N–H and O–H groups in total. The third-order valence-electron chi connectivity index (χ3n) is 5.61. The zero-order chi connectivity index (χ0) is 14.8. The van der Waals surface area contributed by atoms with E-state index in [1.54, 1.807) is 16.7 Å². The van der Waals surface area contributed by atoms with Gasteiger partial charge in [0.05, 0.1) is 0 Å². The maximum atomic E-state index is 2.39. The van der Waals surface area contributed by atoms with Crippen molar-refractivity contribution < 1.29 is 0 Å². The fourth-order valence-electron chi connectivity index (χ4n) is 4.53.